The number of carbonyl (C=O) groups is 1. The standard InChI is InChI=1S/C15H21NO3/c1-2-14(15(17)18)19-13-6-5-11-4-3-10(9-16)7-12(11)8-13/h5-6,8,10,14H,2-4,7,9,16H2,1H3,(H,17,18). The zero-order valence-corrected chi connectivity index (χ0v) is 11.3. The zero-order valence-electron chi connectivity index (χ0n) is 11.3. The van der Waals surface area contributed by atoms with Crippen molar-refractivity contribution in [2.24, 2.45) is 11.7 Å². The first-order valence-corrected chi connectivity index (χ1v) is 6.85. The molecule has 4 nitrogen and oxygen atoms in total. The lowest BCUT2D eigenvalue weighted by Crippen LogP contribution is -2.26. The SMILES string of the molecule is CCC(Oc1ccc2c(c1)CC(CN)CC2)C(=O)O. The van der Waals surface area contributed by atoms with Gasteiger partial charge in [-0.1, -0.05) is 13.0 Å². The molecule has 0 saturated heterocycles. The van der Waals surface area contributed by atoms with Crippen LogP contribution in [0.4, 0.5) is 0 Å². The van der Waals surface area contributed by atoms with Crippen LogP contribution in [0.5, 0.6) is 5.75 Å². The monoisotopic (exact) mass is 263 g/mol. The van der Waals surface area contributed by atoms with E-state index >= 15 is 0 Å². The first-order valence-electron chi connectivity index (χ1n) is 6.85. The van der Waals surface area contributed by atoms with Crippen LogP contribution in [0, 0.1) is 5.92 Å². The van der Waals surface area contributed by atoms with Gasteiger partial charge in [0.2, 0.25) is 0 Å². The predicted octanol–water partition coefficient (Wildman–Crippen LogP) is 1.99. The molecule has 1 aromatic rings. The van der Waals surface area contributed by atoms with E-state index in [1.165, 1.54) is 11.1 Å². The molecule has 0 saturated carbocycles. The highest BCUT2D eigenvalue weighted by molar-refractivity contribution is 5.72. The van der Waals surface area contributed by atoms with Gasteiger partial charge in [-0.15, -0.1) is 0 Å². The van der Waals surface area contributed by atoms with Crippen molar-refractivity contribution < 1.29 is 14.6 Å². The van der Waals surface area contributed by atoms with Crippen molar-refractivity contribution in [3.8, 4) is 5.75 Å². The third-order valence-corrected chi connectivity index (χ3v) is 3.77. The van der Waals surface area contributed by atoms with Gasteiger partial charge in [0.1, 0.15) is 5.75 Å². The lowest BCUT2D eigenvalue weighted by molar-refractivity contribution is -0.145. The minimum absolute atomic E-state index is 0.456. The highest BCUT2D eigenvalue weighted by atomic mass is 16.5. The van der Waals surface area contributed by atoms with Crippen LogP contribution in [0.3, 0.4) is 0 Å². The van der Waals surface area contributed by atoms with Crippen LogP contribution in [0.25, 0.3) is 0 Å². The average Bonchev–Trinajstić information content (AvgIpc) is 2.43. The first kappa shape index (κ1) is 13.9. The van der Waals surface area contributed by atoms with Crippen molar-refractivity contribution in [3.05, 3.63) is 29.3 Å². The third kappa shape index (κ3) is 3.26. The van der Waals surface area contributed by atoms with Crippen molar-refractivity contribution in [2.75, 3.05) is 6.54 Å². The van der Waals surface area contributed by atoms with Gasteiger partial charge in [0.25, 0.3) is 0 Å². The molecule has 0 amide bonds. The van der Waals surface area contributed by atoms with E-state index in [0.29, 0.717) is 24.6 Å². The topological polar surface area (TPSA) is 72.5 Å². The number of ether oxygens (including phenoxy) is 1. The molecule has 0 radical (unpaired) electrons. The van der Waals surface area contributed by atoms with Crippen molar-refractivity contribution >= 4 is 5.97 Å². The number of aliphatic carboxylic acids is 1. The molecule has 2 rings (SSSR count). The molecule has 104 valence electrons. The van der Waals surface area contributed by atoms with E-state index < -0.39 is 12.1 Å². The summed E-state index contributed by atoms with van der Waals surface area (Å²) in [5.74, 6) is 0.259. The summed E-state index contributed by atoms with van der Waals surface area (Å²) in [4.78, 5) is 11.0. The largest absolute Gasteiger partial charge is 0.479 e. The molecule has 0 fully saturated rings. The van der Waals surface area contributed by atoms with Gasteiger partial charge in [-0.3, -0.25) is 0 Å². The second kappa shape index (κ2) is 6.06. The Hall–Kier alpha value is -1.55. The number of hydrogen-bond acceptors (Lipinski definition) is 3. The van der Waals surface area contributed by atoms with Crippen LogP contribution >= 0.6 is 0 Å². The van der Waals surface area contributed by atoms with Crippen molar-refractivity contribution in [1.29, 1.82) is 0 Å². The summed E-state index contributed by atoms with van der Waals surface area (Å²) >= 11 is 0. The normalized spacial score (nSPS) is 19.6. The molecule has 1 aromatic carbocycles. The van der Waals surface area contributed by atoms with Gasteiger partial charge in [-0.05, 0) is 61.4 Å². The van der Waals surface area contributed by atoms with Crippen LogP contribution in [0.1, 0.15) is 30.9 Å². The summed E-state index contributed by atoms with van der Waals surface area (Å²) in [7, 11) is 0. The maximum Gasteiger partial charge on any atom is 0.344 e. The predicted molar refractivity (Wildman–Crippen MR) is 73.4 cm³/mol. The first-order chi connectivity index (χ1) is 9.13. The Balaban J connectivity index is 2.14. The van der Waals surface area contributed by atoms with E-state index in [9.17, 15) is 4.79 Å². The number of hydrogen-bond donors (Lipinski definition) is 2. The lowest BCUT2D eigenvalue weighted by atomic mass is 9.84. The summed E-state index contributed by atoms with van der Waals surface area (Å²) < 4.78 is 5.53. The second-order valence-electron chi connectivity index (χ2n) is 5.13. The summed E-state index contributed by atoms with van der Waals surface area (Å²) in [5.41, 5.74) is 8.31. The number of carboxylic acids is 1. The molecule has 19 heavy (non-hydrogen) atoms. The molecule has 4 heteroatoms. The van der Waals surface area contributed by atoms with Gasteiger partial charge in [0, 0.05) is 0 Å². The molecule has 3 N–H and O–H groups in total. The van der Waals surface area contributed by atoms with Gasteiger partial charge in [-0.25, -0.2) is 4.79 Å². The van der Waals surface area contributed by atoms with Crippen LogP contribution in [0.2, 0.25) is 0 Å². The molecule has 0 aliphatic heterocycles. The Kier molecular flexibility index (Phi) is 4.43. The number of nitrogens with two attached hydrogens (primary N) is 1. The van der Waals surface area contributed by atoms with Crippen molar-refractivity contribution in [2.45, 2.75) is 38.7 Å². The van der Waals surface area contributed by atoms with E-state index in [0.717, 1.165) is 19.3 Å². The van der Waals surface area contributed by atoms with E-state index in [-0.39, 0.29) is 0 Å². The molecular weight excluding hydrogens is 242 g/mol. The summed E-state index contributed by atoms with van der Waals surface area (Å²) in [6.45, 7) is 2.51. The highest BCUT2D eigenvalue weighted by Gasteiger charge is 2.20. The van der Waals surface area contributed by atoms with Gasteiger partial charge < -0.3 is 15.6 Å². The zero-order chi connectivity index (χ0) is 13.8. The minimum atomic E-state index is -0.917. The van der Waals surface area contributed by atoms with Crippen LogP contribution < -0.4 is 10.5 Å². The summed E-state index contributed by atoms with van der Waals surface area (Å²) in [6.07, 6.45) is 2.83. The highest BCUT2D eigenvalue weighted by Crippen LogP contribution is 2.28. The van der Waals surface area contributed by atoms with Crippen molar-refractivity contribution in [1.82, 2.24) is 0 Å². The smallest absolute Gasteiger partial charge is 0.344 e. The van der Waals surface area contributed by atoms with E-state index in [1.54, 1.807) is 0 Å². The Labute approximate surface area is 113 Å². The maximum absolute atomic E-state index is 11.0. The summed E-state index contributed by atoms with van der Waals surface area (Å²) in [6, 6.07) is 5.89. The van der Waals surface area contributed by atoms with Crippen LogP contribution in [-0.4, -0.2) is 23.7 Å². The Bertz CT molecular complexity index is 459. The Morgan fingerprint density at radius 1 is 1.53 bits per heavy atom. The quantitative estimate of drug-likeness (QED) is 0.852. The summed E-state index contributed by atoms with van der Waals surface area (Å²) in [5, 5.41) is 9.01. The number of fused-ring (bicyclic) bond motifs is 1. The molecule has 1 aliphatic rings. The maximum atomic E-state index is 11.0. The van der Waals surface area contributed by atoms with Crippen LogP contribution in [-0.2, 0) is 17.6 Å². The fourth-order valence-corrected chi connectivity index (χ4v) is 2.56. The second-order valence-corrected chi connectivity index (χ2v) is 5.13. The molecule has 0 spiro atoms. The lowest BCUT2D eigenvalue weighted by Gasteiger charge is -2.24. The molecular formula is C15H21NO3. The number of rotatable bonds is 5. The third-order valence-electron chi connectivity index (χ3n) is 3.77. The number of carboxylic acid groups (broad SMARTS) is 1. The number of aryl methyl sites for hydroxylation is 1. The molecule has 2 atom stereocenters. The van der Waals surface area contributed by atoms with Gasteiger partial charge in [-0.2, -0.15) is 0 Å². The Morgan fingerprint density at radius 3 is 2.95 bits per heavy atom. The molecule has 0 aromatic heterocycles. The molecule has 2 unspecified atom stereocenters. The van der Waals surface area contributed by atoms with E-state index in [1.807, 2.05) is 25.1 Å². The minimum Gasteiger partial charge on any atom is -0.479 e. The van der Waals surface area contributed by atoms with Gasteiger partial charge in [0.05, 0.1) is 0 Å². The Morgan fingerprint density at radius 2 is 2.32 bits per heavy atom. The number of benzene rings is 1. The molecule has 0 heterocycles. The van der Waals surface area contributed by atoms with Gasteiger partial charge in [0.15, 0.2) is 6.10 Å². The average molecular weight is 263 g/mol. The molecule has 1 aliphatic carbocycles. The molecule has 0 bridgehead atoms. The van der Waals surface area contributed by atoms with Gasteiger partial charge >= 0.3 is 5.97 Å². The fourth-order valence-electron chi connectivity index (χ4n) is 2.56. The van der Waals surface area contributed by atoms with Crippen LogP contribution in [0.15, 0.2) is 18.2 Å². The van der Waals surface area contributed by atoms with E-state index in [2.05, 4.69) is 0 Å². The van der Waals surface area contributed by atoms with E-state index in [4.69, 9.17) is 15.6 Å². The fraction of sp³-hybridized carbons (Fsp3) is 0.533. The van der Waals surface area contributed by atoms with Crippen molar-refractivity contribution in [3.63, 3.8) is 0 Å².